The molecule has 0 fully saturated rings. The van der Waals surface area contributed by atoms with E-state index in [1.165, 1.54) is 5.56 Å². The minimum absolute atomic E-state index is 0.327. The molecule has 0 bridgehead atoms. The van der Waals surface area contributed by atoms with Gasteiger partial charge in [0.2, 0.25) is 0 Å². The molecule has 0 aliphatic carbocycles. The molecule has 0 radical (unpaired) electrons. The number of ether oxygens (including phenoxy) is 1. The van der Waals surface area contributed by atoms with Crippen LogP contribution in [0.5, 0.6) is 5.75 Å². The summed E-state index contributed by atoms with van der Waals surface area (Å²) in [4.78, 5) is 0. The van der Waals surface area contributed by atoms with Gasteiger partial charge in [-0.3, -0.25) is 0 Å². The van der Waals surface area contributed by atoms with Crippen molar-refractivity contribution in [3.63, 3.8) is 0 Å². The third-order valence-corrected chi connectivity index (χ3v) is 2.85. The number of likely N-dealkylation sites (N-methyl/N-ethyl adjacent to an activating group) is 1. The molecule has 1 aromatic carbocycles. The predicted molar refractivity (Wildman–Crippen MR) is 72.3 cm³/mol. The number of hydrogen-bond acceptors (Lipinski definition) is 3. The van der Waals surface area contributed by atoms with Crippen molar-refractivity contribution >= 4 is 0 Å². The van der Waals surface area contributed by atoms with E-state index in [-0.39, 0.29) is 0 Å². The first-order valence-corrected chi connectivity index (χ1v) is 6.11. The van der Waals surface area contributed by atoms with E-state index >= 15 is 0 Å². The van der Waals surface area contributed by atoms with E-state index in [1.807, 2.05) is 30.1 Å². The van der Waals surface area contributed by atoms with Crippen molar-refractivity contribution in [1.82, 2.24) is 15.1 Å². The quantitative estimate of drug-likeness (QED) is 0.877. The Morgan fingerprint density at radius 2 is 2.06 bits per heavy atom. The summed E-state index contributed by atoms with van der Waals surface area (Å²) in [5.41, 5.74) is 2.28. The van der Waals surface area contributed by atoms with E-state index in [4.69, 9.17) is 4.74 Å². The average Bonchev–Trinajstić information content (AvgIpc) is 2.85. The van der Waals surface area contributed by atoms with Crippen LogP contribution in [0.3, 0.4) is 0 Å². The van der Waals surface area contributed by atoms with Gasteiger partial charge in [-0.05, 0) is 33.0 Å². The second-order valence-electron chi connectivity index (χ2n) is 4.46. The molecule has 4 heteroatoms. The summed E-state index contributed by atoms with van der Waals surface area (Å²) in [5, 5.41) is 7.42. The van der Waals surface area contributed by atoms with Crippen LogP contribution in [0.15, 0.2) is 36.7 Å². The summed E-state index contributed by atoms with van der Waals surface area (Å²) < 4.78 is 7.46. The highest BCUT2D eigenvalue weighted by atomic mass is 16.5. The fourth-order valence-electron chi connectivity index (χ4n) is 1.52. The highest BCUT2D eigenvalue weighted by Gasteiger charge is 2.03. The molecule has 2 rings (SSSR count). The van der Waals surface area contributed by atoms with Gasteiger partial charge < -0.3 is 10.1 Å². The highest BCUT2D eigenvalue weighted by Crippen LogP contribution is 2.14. The number of nitrogens with one attached hydrogen (secondary N) is 1. The van der Waals surface area contributed by atoms with E-state index < -0.39 is 0 Å². The molecule has 4 nitrogen and oxygen atoms in total. The van der Waals surface area contributed by atoms with Crippen LogP contribution in [0.4, 0.5) is 0 Å². The van der Waals surface area contributed by atoms with Crippen molar-refractivity contribution in [3.8, 4) is 11.4 Å². The number of hydrogen-bond donors (Lipinski definition) is 1. The SMILES string of the molecule is CNC(C)COc1cnn(-c2ccc(C)cc2)c1. The van der Waals surface area contributed by atoms with Crippen molar-refractivity contribution in [1.29, 1.82) is 0 Å². The normalized spacial score (nSPS) is 12.4. The summed E-state index contributed by atoms with van der Waals surface area (Å²) in [6, 6.07) is 8.55. The van der Waals surface area contributed by atoms with Gasteiger partial charge in [0.25, 0.3) is 0 Å². The van der Waals surface area contributed by atoms with E-state index in [1.54, 1.807) is 6.20 Å². The van der Waals surface area contributed by atoms with E-state index in [2.05, 4.69) is 36.4 Å². The maximum atomic E-state index is 5.64. The van der Waals surface area contributed by atoms with Crippen LogP contribution in [-0.4, -0.2) is 29.5 Å². The molecule has 1 heterocycles. The van der Waals surface area contributed by atoms with Crippen LogP contribution in [0, 0.1) is 6.92 Å². The largest absolute Gasteiger partial charge is 0.489 e. The number of rotatable bonds is 5. The molecule has 0 aliphatic rings. The Morgan fingerprint density at radius 1 is 1.33 bits per heavy atom. The minimum Gasteiger partial charge on any atom is -0.489 e. The maximum absolute atomic E-state index is 5.64. The summed E-state index contributed by atoms with van der Waals surface area (Å²) >= 11 is 0. The van der Waals surface area contributed by atoms with E-state index in [0.717, 1.165) is 11.4 Å². The Hall–Kier alpha value is -1.81. The molecule has 0 spiro atoms. The van der Waals surface area contributed by atoms with Crippen LogP contribution < -0.4 is 10.1 Å². The molecule has 1 unspecified atom stereocenters. The molecule has 0 saturated heterocycles. The Bertz CT molecular complexity index is 490. The first kappa shape index (κ1) is 12.6. The molecule has 18 heavy (non-hydrogen) atoms. The van der Waals surface area contributed by atoms with Gasteiger partial charge in [0.15, 0.2) is 5.75 Å². The molecule has 1 atom stereocenters. The number of benzene rings is 1. The molecule has 96 valence electrons. The van der Waals surface area contributed by atoms with Crippen molar-refractivity contribution in [2.75, 3.05) is 13.7 Å². The predicted octanol–water partition coefficient (Wildman–Crippen LogP) is 2.17. The van der Waals surface area contributed by atoms with Gasteiger partial charge in [-0.1, -0.05) is 17.7 Å². The zero-order chi connectivity index (χ0) is 13.0. The van der Waals surface area contributed by atoms with Gasteiger partial charge in [-0.25, -0.2) is 4.68 Å². The zero-order valence-corrected chi connectivity index (χ0v) is 11.1. The number of nitrogens with zero attached hydrogens (tertiary/aromatic N) is 2. The summed E-state index contributed by atoms with van der Waals surface area (Å²) in [5.74, 6) is 0.790. The zero-order valence-electron chi connectivity index (χ0n) is 11.1. The fraction of sp³-hybridized carbons (Fsp3) is 0.357. The number of aryl methyl sites for hydroxylation is 1. The van der Waals surface area contributed by atoms with Gasteiger partial charge in [0, 0.05) is 6.04 Å². The molecule has 0 amide bonds. The monoisotopic (exact) mass is 245 g/mol. The van der Waals surface area contributed by atoms with Crippen LogP contribution in [0.1, 0.15) is 12.5 Å². The third-order valence-electron chi connectivity index (χ3n) is 2.85. The van der Waals surface area contributed by atoms with Gasteiger partial charge in [0.1, 0.15) is 6.61 Å². The topological polar surface area (TPSA) is 39.1 Å². The van der Waals surface area contributed by atoms with Gasteiger partial charge >= 0.3 is 0 Å². The Balaban J connectivity index is 2.03. The molecule has 0 aliphatic heterocycles. The molecule has 1 N–H and O–H groups in total. The second-order valence-corrected chi connectivity index (χ2v) is 4.46. The lowest BCUT2D eigenvalue weighted by molar-refractivity contribution is 0.280. The summed E-state index contributed by atoms with van der Waals surface area (Å²) in [6.45, 7) is 4.78. The van der Waals surface area contributed by atoms with Crippen molar-refractivity contribution in [2.24, 2.45) is 0 Å². The fourth-order valence-corrected chi connectivity index (χ4v) is 1.52. The van der Waals surface area contributed by atoms with Crippen molar-refractivity contribution in [3.05, 3.63) is 42.2 Å². The lowest BCUT2D eigenvalue weighted by Gasteiger charge is -2.09. The first-order valence-electron chi connectivity index (χ1n) is 6.11. The Morgan fingerprint density at radius 3 is 2.72 bits per heavy atom. The van der Waals surface area contributed by atoms with Crippen LogP contribution in [0.2, 0.25) is 0 Å². The molecule has 2 aromatic rings. The summed E-state index contributed by atoms with van der Waals surface area (Å²) in [7, 11) is 1.92. The molecular formula is C14H19N3O. The Kier molecular flexibility index (Phi) is 3.99. The van der Waals surface area contributed by atoms with Crippen molar-refractivity contribution in [2.45, 2.75) is 19.9 Å². The van der Waals surface area contributed by atoms with Crippen LogP contribution in [-0.2, 0) is 0 Å². The lowest BCUT2D eigenvalue weighted by atomic mass is 10.2. The average molecular weight is 245 g/mol. The first-order chi connectivity index (χ1) is 8.69. The van der Waals surface area contributed by atoms with Gasteiger partial charge in [-0.2, -0.15) is 5.10 Å². The van der Waals surface area contributed by atoms with Crippen molar-refractivity contribution < 1.29 is 4.74 Å². The van der Waals surface area contributed by atoms with Crippen LogP contribution >= 0.6 is 0 Å². The van der Waals surface area contributed by atoms with Crippen LogP contribution in [0.25, 0.3) is 5.69 Å². The molecule has 0 saturated carbocycles. The standard InChI is InChI=1S/C14H19N3O/c1-11-4-6-13(7-5-11)17-9-14(8-16-17)18-10-12(2)15-3/h4-9,12,15H,10H2,1-3H3. The summed E-state index contributed by atoms with van der Waals surface area (Å²) in [6.07, 6.45) is 3.63. The van der Waals surface area contributed by atoms with E-state index in [9.17, 15) is 0 Å². The molecular weight excluding hydrogens is 226 g/mol. The maximum Gasteiger partial charge on any atom is 0.157 e. The lowest BCUT2D eigenvalue weighted by Crippen LogP contribution is -2.28. The number of aromatic nitrogens is 2. The van der Waals surface area contributed by atoms with Gasteiger partial charge in [-0.15, -0.1) is 0 Å². The third kappa shape index (κ3) is 3.11. The minimum atomic E-state index is 0.327. The smallest absolute Gasteiger partial charge is 0.157 e. The van der Waals surface area contributed by atoms with E-state index in [0.29, 0.717) is 12.6 Å². The second kappa shape index (κ2) is 5.69. The van der Waals surface area contributed by atoms with Gasteiger partial charge in [0.05, 0.1) is 18.1 Å². The molecule has 1 aromatic heterocycles. The Labute approximate surface area is 108 Å². The highest BCUT2D eigenvalue weighted by molar-refractivity contribution is 5.34.